The zero-order valence-corrected chi connectivity index (χ0v) is 10.6. The molecule has 1 aromatic carbocycles. The molecule has 8 heteroatoms. The van der Waals surface area contributed by atoms with E-state index in [1.54, 1.807) is 18.2 Å². The number of hydrogen-bond donors (Lipinski definition) is 2. The summed E-state index contributed by atoms with van der Waals surface area (Å²) in [5, 5.41) is 16.5. The summed E-state index contributed by atoms with van der Waals surface area (Å²) in [7, 11) is 0. The molecule has 0 aliphatic rings. The number of nitrogens with zero attached hydrogens (tertiary/aromatic N) is 4. The van der Waals surface area contributed by atoms with Gasteiger partial charge in [0.15, 0.2) is 0 Å². The first-order valence-electron chi connectivity index (χ1n) is 4.91. The summed E-state index contributed by atoms with van der Waals surface area (Å²) in [5.74, 6) is 0.00147. The molecular formula is C10H9Cl2N5O. The van der Waals surface area contributed by atoms with Crippen LogP contribution >= 0.6 is 23.2 Å². The van der Waals surface area contributed by atoms with E-state index in [1.165, 1.54) is 11.0 Å². The highest BCUT2D eigenvalue weighted by Gasteiger charge is 2.08. The molecule has 0 aliphatic heterocycles. The fraction of sp³-hybridized carbons (Fsp3) is 0.100. The van der Waals surface area contributed by atoms with Crippen molar-refractivity contribution in [3.05, 3.63) is 46.0 Å². The lowest BCUT2D eigenvalue weighted by molar-refractivity contribution is 0.318. The van der Waals surface area contributed by atoms with Crippen molar-refractivity contribution < 1.29 is 5.21 Å². The average Bonchev–Trinajstić information content (AvgIpc) is 2.81. The normalized spacial score (nSPS) is 11.8. The molecule has 0 spiro atoms. The predicted octanol–water partition coefficient (Wildman–Crippen LogP) is 1.73. The van der Waals surface area contributed by atoms with Crippen LogP contribution in [-0.2, 0) is 6.54 Å². The second-order valence-electron chi connectivity index (χ2n) is 3.49. The van der Waals surface area contributed by atoms with E-state index in [0.717, 1.165) is 5.56 Å². The van der Waals surface area contributed by atoms with E-state index in [2.05, 4.69) is 15.2 Å². The van der Waals surface area contributed by atoms with Crippen molar-refractivity contribution in [2.75, 3.05) is 0 Å². The maximum atomic E-state index is 8.50. The molecule has 0 aliphatic carbocycles. The Balaban J connectivity index is 2.24. The molecule has 0 bridgehead atoms. The minimum Gasteiger partial charge on any atom is -0.409 e. The molecule has 1 heterocycles. The number of nitrogens with two attached hydrogens (primary N) is 1. The van der Waals surface area contributed by atoms with Crippen molar-refractivity contribution in [2.24, 2.45) is 10.9 Å². The Kier molecular flexibility index (Phi) is 3.69. The number of oxime groups is 1. The molecule has 6 nitrogen and oxygen atoms in total. The van der Waals surface area contributed by atoms with E-state index >= 15 is 0 Å². The van der Waals surface area contributed by atoms with Crippen LogP contribution in [0.2, 0.25) is 10.0 Å². The number of rotatable bonds is 3. The van der Waals surface area contributed by atoms with Gasteiger partial charge in [-0.15, -0.1) is 5.10 Å². The van der Waals surface area contributed by atoms with Crippen molar-refractivity contribution in [2.45, 2.75) is 6.54 Å². The van der Waals surface area contributed by atoms with Crippen LogP contribution in [0.1, 0.15) is 11.4 Å². The molecule has 0 atom stereocenters. The molecule has 0 saturated carbocycles. The molecule has 0 saturated heterocycles. The van der Waals surface area contributed by atoms with Gasteiger partial charge in [-0.25, -0.2) is 9.67 Å². The van der Waals surface area contributed by atoms with E-state index in [4.69, 9.17) is 34.1 Å². The molecule has 0 unspecified atom stereocenters. The molecular weight excluding hydrogens is 277 g/mol. The fourth-order valence-electron chi connectivity index (χ4n) is 1.37. The Labute approximate surface area is 113 Å². The molecule has 0 fully saturated rings. The van der Waals surface area contributed by atoms with Gasteiger partial charge in [0.2, 0.25) is 11.7 Å². The zero-order chi connectivity index (χ0) is 13.1. The van der Waals surface area contributed by atoms with Crippen LogP contribution in [0.3, 0.4) is 0 Å². The third-order valence-corrected chi connectivity index (χ3v) is 2.82. The third-order valence-electron chi connectivity index (χ3n) is 2.21. The Hall–Kier alpha value is -1.79. The number of benzene rings is 1. The quantitative estimate of drug-likeness (QED) is 0.389. The highest BCUT2D eigenvalue weighted by atomic mass is 35.5. The summed E-state index contributed by atoms with van der Waals surface area (Å²) in [6, 6.07) is 5.16. The van der Waals surface area contributed by atoms with Gasteiger partial charge in [0, 0.05) is 10.0 Å². The smallest absolute Gasteiger partial charge is 0.219 e. The van der Waals surface area contributed by atoms with Crippen molar-refractivity contribution in [3.8, 4) is 0 Å². The Morgan fingerprint density at radius 1 is 1.44 bits per heavy atom. The zero-order valence-electron chi connectivity index (χ0n) is 9.09. The minimum absolute atomic E-state index is 0.147. The molecule has 2 rings (SSSR count). The molecule has 1 aromatic heterocycles. The van der Waals surface area contributed by atoms with Gasteiger partial charge in [-0.2, -0.15) is 0 Å². The Morgan fingerprint density at radius 3 is 2.94 bits per heavy atom. The molecule has 0 amide bonds. The van der Waals surface area contributed by atoms with Gasteiger partial charge >= 0.3 is 0 Å². The lowest BCUT2D eigenvalue weighted by Gasteiger charge is -2.04. The first kappa shape index (κ1) is 12.7. The van der Waals surface area contributed by atoms with Crippen LogP contribution in [0, 0.1) is 0 Å². The minimum atomic E-state index is -0.147. The first-order valence-corrected chi connectivity index (χ1v) is 5.67. The highest BCUT2D eigenvalue weighted by Crippen LogP contribution is 2.21. The van der Waals surface area contributed by atoms with Gasteiger partial charge in [0.1, 0.15) is 6.33 Å². The van der Waals surface area contributed by atoms with Crippen LogP contribution in [-0.4, -0.2) is 25.8 Å². The topological polar surface area (TPSA) is 89.3 Å². The third kappa shape index (κ3) is 2.72. The average molecular weight is 286 g/mol. The molecule has 18 heavy (non-hydrogen) atoms. The summed E-state index contributed by atoms with van der Waals surface area (Å²) in [5.41, 5.74) is 6.18. The number of halogens is 2. The lowest BCUT2D eigenvalue weighted by atomic mass is 10.2. The monoisotopic (exact) mass is 285 g/mol. The number of amidine groups is 1. The number of aromatic nitrogens is 3. The fourth-order valence-corrected chi connectivity index (χ4v) is 1.74. The van der Waals surface area contributed by atoms with Crippen LogP contribution in [0.15, 0.2) is 29.7 Å². The van der Waals surface area contributed by atoms with Gasteiger partial charge < -0.3 is 10.9 Å². The van der Waals surface area contributed by atoms with Crippen LogP contribution in [0.4, 0.5) is 0 Å². The highest BCUT2D eigenvalue weighted by molar-refractivity contribution is 6.33. The molecule has 94 valence electrons. The van der Waals surface area contributed by atoms with Crippen LogP contribution in [0.5, 0.6) is 0 Å². The Morgan fingerprint density at radius 2 is 2.22 bits per heavy atom. The summed E-state index contributed by atoms with van der Waals surface area (Å²) in [4.78, 5) is 3.90. The van der Waals surface area contributed by atoms with Crippen LogP contribution < -0.4 is 5.73 Å². The lowest BCUT2D eigenvalue weighted by Crippen LogP contribution is -2.15. The second-order valence-corrected chi connectivity index (χ2v) is 4.33. The van der Waals surface area contributed by atoms with E-state index in [0.29, 0.717) is 16.6 Å². The first-order chi connectivity index (χ1) is 8.60. The van der Waals surface area contributed by atoms with Gasteiger partial charge in [0.05, 0.1) is 6.54 Å². The maximum absolute atomic E-state index is 8.50. The second kappa shape index (κ2) is 5.24. The summed E-state index contributed by atoms with van der Waals surface area (Å²) in [6.07, 6.45) is 1.46. The van der Waals surface area contributed by atoms with E-state index < -0.39 is 0 Å². The summed E-state index contributed by atoms with van der Waals surface area (Å²) in [6.45, 7) is 0.394. The van der Waals surface area contributed by atoms with Gasteiger partial charge in [-0.05, 0) is 23.8 Å². The molecule has 3 N–H and O–H groups in total. The molecule has 2 aromatic rings. The summed E-state index contributed by atoms with van der Waals surface area (Å²) >= 11 is 11.9. The van der Waals surface area contributed by atoms with Crippen LogP contribution in [0.25, 0.3) is 0 Å². The van der Waals surface area contributed by atoms with Crippen molar-refractivity contribution in [1.82, 2.24) is 14.8 Å². The van der Waals surface area contributed by atoms with Gasteiger partial charge in [-0.3, -0.25) is 0 Å². The van der Waals surface area contributed by atoms with E-state index in [1.807, 2.05) is 0 Å². The van der Waals surface area contributed by atoms with Crippen molar-refractivity contribution in [3.63, 3.8) is 0 Å². The Bertz CT molecular complexity index is 596. The largest absolute Gasteiger partial charge is 0.409 e. The van der Waals surface area contributed by atoms with Crippen molar-refractivity contribution in [1.29, 1.82) is 0 Å². The standard InChI is InChI=1S/C10H9Cl2N5O/c11-7-1-2-8(12)6(3-7)4-17-5-14-10(15-17)9(13)16-18/h1-3,5,18H,4H2,(H2,13,16). The van der Waals surface area contributed by atoms with E-state index in [-0.39, 0.29) is 11.7 Å². The predicted molar refractivity (Wildman–Crippen MR) is 68.1 cm³/mol. The van der Waals surface area contributed by atoms with Gasteiger partial charge in [0.25, 0.3) is 0 Å². The SMILES string of the molecule is NC(=NO)c1ncn(Cc2cc(Cl)ccc2Cl)n1. The summed E-state index contributed by atoms with van der Waals surface area (Å²) < 4.78 is 1.52. The van der Waals surface area contributed by atoms with E-state index in [9.17, 15) is 0 Å². The molecule has 0 radical (unpaired) electrons. The maximum Gasteiger partial charge on any atom is 0.219 e. The van der Waals surface area contributed by atoms with Gasteiger partial charge in [-0.1, -0.05) is 28.4 Å². The van der Waals surface area contributed by atoms with Crippen molar-refractivity contribution >= 4 is 29.0 Å². The number of hydrogen-bond acceptors (Lipinski definition) is 4.